The van der Waals surface area contributed by atoms with Crippen LogP contribution in [0.5, 0.6) is 11.5 Å². The molecule has 0 spiro atoms. The zero-order valence-corrected chi connectivity index (χ0v) is 15.2. The third-order valence-electron chi connectivity index (χ3n) is 2.94. The fourth-order valence-corrected chi connectivity index (χ4v) is 2.51. The van der Waals surface area contributed by atoms with Crippen LogP contribution < -0.4 is 14.9 Å². The Morgan fingerprint density at radius 1 is 1.17 bits per heavy atom. The summed E-state index contributed by atoms with van der Waals surface area (Å²) in [4.78, 5) is 23.1. The Bertz CT molecular complexity index is 790. The van der Waals surface area contributed by atoms with Crippen LogP contribution in [0.25, 0.3) is 0 Å². The van der Waals surface area contributed by atoms with E-state index in [1.807, 2.05) is 12.1 Å². The van der Waals surface area contributed by atoms with E-state index < -0.39 is 5.97 Å². The molecule has 0 fully saturated rings. The highest BCUT2D eigenvalue weighted by Gasteiger charge is 2.09. The summed E-state index contributed by atoms with van der Waals surface area (Å²) in [6.07, 6.45) is 1.48. The van der Waals surface area contributed by atoms with E-state index in [2.05, 4.69) is 33.1 Å². The Hall–Kier alpha value is -2.42. The van der Waals surface area contributed by atoms with Gasteiger partial charge in [-0.25, -0.2) is 5.43 Å². The van der Waals surface area contributed by atoms with Crippen LogP contribution in [0, 0.1) is 3.57 Å². The molecule has 124 valence electrons. The summed E-state index contributed by atoms with van der Waals surface area (Å²) in [6.45, 7) is 1.31. The van der Waals surface area contributed by atoms with Gasteiger partial charge >= 0.3 is 5.97 Å². The average Bonchev–Trinajstić information content (AvgIpc) is 2.56. The molecule has 2 aromatic rings. The number of halogens is 1. The minimum absolute atomic E-state index is 0.292. The molecule has 0 saturated heterocycles. The van der Waals surface area contributed by atoms with Crippen molar-refractivity contribution in [3.8, 4) is 11.5 Å². The second-order valence-electron chi connectivity index (χ2n) is 4.68. The lowest BCUT2D eigenvalue weighted by Gasteiger charge is -2.08. The number of amides is 1. The van der Waals surface area contributed by atoms with E-state index in [-0.39, 0.29) is 5.91 Å². The maximum Gasteiger partial charge on any atom is 0.308 e. The molecule has 2 rings (SSSR count). The van der Waals surface area contributed by atoms with Crippen molar-refractivity contribution in [3.63, 3.8) is 0 Å². The maximum absolute atomic E-state index is 12.0. The van der Waals surface area contributed by atoms with Gasteiger partial charge in [0, 0.05) is 10.5 Å². The Morgan fingerprint density at radius 2 is 1.92 bits per heavy atom. The number of carbonyl (C=O) groups excluding carboxylic acids is 2. The number of hydrogen-bond acceptors (Lipinski definition) is 5. The Kier molecular flexibility index (Phi) is 6.30. The van der Waals surface area contributed by atoms with Gasteiger partial charge in [0.15, 0.2) is 11.5 Å². The van der Waals surface area contributed by atoms with Crippen LogP contribution in [0.15, 0.2) is 47.6 Å². The van der Waals surface area contributed by atoms with Crippen LogP contribution in [0.3, 0.4) is 0 Å². The number of esters is 1. The third-order valence-corrected chi connectivity index (χ3v) is 3.88. The minimum atomic E-state index is -0.431. The van der Waals surface area contributed by atoms with Gasteiger partial charge in [0.05, 0.1) is 18.9 Å². The molecule has 0 aliphatic heterocycles. The quantitative estimate of drug-likeness (QED) is 0.256. The van der Waals surface area contributed by atoms with E-state index in [9.17, 15) is 9.59 Å². The third kappa shape index (κ3) is 4.79. The molecule has 6 nitrogen and oxygen atoms in total. The second kappa shape index (κ2) is 8.44. The lowest BCUT2D eigenvalue weighted by molar-refractivity contribution is -0.132. The first-order valence-electron chi connectivity index (χ1n) is 6.95. The lowest BCUT2D eigenvalue weighted by Crippen LogP contribution is -2.18. The number of nitrogens with one attached hydrogen (secondary N) is 1. The number of nitrogens with zero attached hydrogens (tertiary/aromatic N) is 1. The van der Waals surface area contributed by atoms with Gasteiger partial charge in [-0.3, -0.25) is 9.59 Å². The van der Waals surface area contributed by atoms with E-state index >= 15 is 0 Å². The van der Waals surface area contributed by atoms with E-state index in [0.29, 0.717) is 22.6 Å². The van der Waals surface area contributed by atoms with E-state index in [0.717, 1.165) is 3.57 Å². The van der Waals surface area contributed by atoms with Crippen LogP contribution in [0.4, 0.5) is 0 Å². The van der Waals surface area contributed by atoms with E-state index in [1.54, 1.807) is 30.3 Å². The Labute approximate surface area is 153 Å². The van der Waals surface area contributed by atoms with Crippen molar-refractivity contribution in [2.45, 2.75) is 6.92 Å². The van der Waals surface area contributed by atoms with Crippen molar-refractivity contribution in [1.29, 1.82) is 0 Å². The van der Waals surface area contributed by atoms with Crippen molar-refractivity contribution in [3.05, 3.63) is 57.2 Å². The van der Waals surface area contributed by atoms with Gasteiger partial charge in [-0.05, 0) is 58.5 Å². The molecule has 2 aromatic carbocycles. The summed E-state index contributed by atoms with van der Waals surface area (Å²) < 4.78 is 11.0. The molecule has 1 amide bonds. The van der Waals surface area contributed by atoms with Crippen LogP contribution in [-0.4, -0.2) is 25.2 Å². The standard InChI is InChI=1S/C17H15IN2O4/c1-11(21)24-15-8-7-12(9-16(15)23-2)10-19-20-17(22)13-5-3-4-6-14(13)18/h3-10H,1-2H3,(H,20,22)/b19-10-. The molecule has 1 N–H and O–H groups in total. The van der Waals surface area contributed by atoms with Crippen LogP contribution in [0.1, 0.15) is 22.8 Å². The Morgan fingerprint density at radius 3 is 2.58 bits per heavy atom. The minimum Gasteiger partial charge on any atom is -0.493 e. The van der Waals surface area contributed by atoms with E-state index in [4.69, 9.17) is 9.47 Å². The van der Waals surface area contributed by atoms with Gasteiger partial charge in [0.25, 0.3) is 5.91 Å². The highest BCUT2D eigenvalue weighted by atomic mass is 127. The fourth-order valence-electron chi connectivity index (χ4n) is 1.87. The molecule has 24 heavy (non-hydrogen) atoms. The van der Waals surface area contributed by atoms with Crippen LogP contribution in [-0.2, 0) is 4.79 Å². The second-order valence-corrected chi connectivity index (χ2v) is 5.85. The maximum atomic E-state index is 12.0. The molecule has 0 bridgehead atoms. The van der Waals surface area contributed by atoms with Gasteiger partial charge in [-0.1, -0.05) is 12.1 Å². The first-order chi connectivity index (χ1) is 11.5. The monoisotopic (exact) mass is 438 g/mol. The first-order valence-corrected chi connectivity index (χ1v) is 8.03. The predicted molar refractivity (Wildman–Crippen MR) is 98.5 cm³/mol. The van der Waals surface area contributed by atoms with E-state index in [1.165, 1.54) is 20.2 Å². The van der Waals surface area contributed by atoms with Gasteiger partial charge in [-0.15, -0.1) is 0 Å². The topological polar surface area (TPSA) is 77.0 Å². The number of rotatable bonds is 5. The zero-order valence-electron chi connectivity index (χ0n) is 13.1. The molecule has 0 heterocycles. The first kappa shape index (κ1) is 17.9. The molecule has 0 aliphatic rings. The number of benzene rings is 2. The lowest BCUT2D eigenvalue weighted by atomic mass is 10.2. The molecule has 0 unspecified atom stereocenters. The number of hydrazone groups is 1. The molecule has 7 heteroatoms. The van der Waals surface area contributed by atoms with Crippen molar-refractivity contribution < 1.29 is 19.1 Å². The average molecular weight is 438 g/mol. The predicted octanol–water partition coefficient (Wildman–Crippen LogP) is 2.99. The molecule has 0 aliphatic carbocycles. The van der Waals surface area contributed by atoms with Gasteiger partial charge in [-0.2, -0.15) is 5.10 Å². The highest BCUT2D eigenvalue weighted by molar-refractivity contribution is 14.1. The van der Waals surface area contributed by atoms with Gasteiger partial charge in [0.2, 0.25) is 0 Å². The highest BCUT2D eigenvalue weighted by Crippen LogP contribution is 2.27. The summed E-state index contributed by atoms with van der Waals surface area (Å²) in [7, 11) is 1.47. The van der Waals surface area contributed by atoms with Crippen LogP contribution >= 0.6 is 22.6 Å². The molecular formula is C17H15IN2O4. The summed E-state index contributed by atoms with van der Waals surface area (Å²) in [6, 6.07) is 12.2. The summed E-state index contributed by atoms with van der Waals surface area (Å²) in [5.74, 6) is 0.00213. The van der Waals surface area contributed by atoms with Crippen molar-refractivity contribution >= 4 is 40.7 Å². The van der Waals surface area contributed by atoms with Crippen molar-refractivity contribution in [2.75, 3.05) is 7.11 Å². The summed E-state index contributed by atoms with van der Waals surface area (Å²) in [5.41, 5.74) is 3.71. The fraction of sp³-hybridized carbons (Fsp3) is 0.118. The number of carbonyl (C=O) groups is 2. The van der Waals surface area contributed by atoms with Gasteiger partial charge < -0.3 is 9.47 Å². The summed E-state index contributed by atoms with van der Waals surface area (Å²) in [5, 5.41) is 3.93. The number of hydrogen-bond donors (Lipinski definition) is 1. The molecule has 0 aromatic heterocycles. The van der Waals surface area contributed by atoms with Crippen LogP contribution in [0.2, 0.25) is 0 Å². The van der Waals surface area contributed by atoms with Crippen molar-refractivity contribution in [1.82, 2.24) is 5.43 Å². The van der Waals surface area contributed by atoms with Crippen molar-refractivity contribution in [2.24, 2.45) is 5.10 Å². The zero-order chi connectivity index (χ0) is 17.5. The molecule has 0 radical (unpaired) electrons. The molecular weight excluding hydrogens is 423 g/mol. The summed E-state index contributed by atoms with van der Waals surface area (Å²) >= 11 is 2.09. The number of methoxy groups -OCH3 is 1. The largest absolute Gasteiger partial charge is 0.493 e. The smallest absolute Gasteiger partial charge is 0.308 e. The normalized spacial score (nSPS) is 10.5. The molecule has 0 saturated carbocycles. The number of ether oxygens (including phenoxy) is 2. The Balaban J connectivity index is 2.08. The molecule has 0 atom stereocenters. The van der Waals surface area contributed by atoms with Gasteiger partial charge in [0.1, 0.15) is 0 Å². The SMILES string of the molecule is COc1cc(/C=N\NC(=O)c2ccccc2I)ccc1OC(C)=O.